The molecule has 44 heavy (non-hydrogen) atoms. The lowest BCUT2D eigenvalue weighted by atomic mass is 10.1. The molecule has 12 heteroatoms. The number of benzene rings is 2. The molecule has 3 aromatic rings. The molecule has 3 rings (SSSR count). The molecule has 0 aliphatic carbocycles. The van der Waals surface area contributed by atoms with Crippen LogP contribution in [0.5, 0.6) is 0 Å². The van der Waals surface area contributed by atoms with Crippen molar-refractivity contribution in [1.29, 1.82) is 0 Å². The van der Waals surface area contributed by atoms with Crippen molar-refractivity contribution in [1.82, 2.24) is 16.0 Å². The highest BCUT2D eigenvalue weighted by Crippen LogP contribution is 2.46. The fourth-order valence-corrected chi connectivity index (χ4v) is 6.76. The van der Waals surface area contributed by atoms with Crippen LogP contribution in [0.4, 0.5) is 0 Å². The third kappa shape index (κ3) is 10.9. The zero-order valence-corrected chi connectivity index (χ0v) is 26.5. The van der Waals surface area contributed by atoms with Crippen LogP contribution >= 0.6 is 18.7 Å². The molecule has 0 bridgehead atoms. The maximum atomic E-state index is 13.6. The first-order valence-corrected chi connectivity index (χ1v) is 17.0. The Morgan fingerprint density at radius 3 is 2.18 bits per heavy atom. The number of primary amides is 1. The summed E-state index contributed by atoms with van der Waals surface area (Å²) in [4.78, 5) is 63.6. The van der Waals surface area contributed by atoms with Gasteiger partial charge >= 0.3 is 0 Å². The normalized spacial score (nSPS) is 14.6. The smallest absolute Gasteiger partial charge is 0.262 e. The molecule has 1 heterocycles. The molecule has 2 unspecified atom stereocenters. The van der Waals surface area contributed by atoms with E-state index in [9.17, 15) is 28.6 Å². The summed E-state index contributed by atoms with van der Waals surface area (Å²) in [5, 5.41) is 7.79. The molecule has 0 aliphatic heterocycles. The lowest BCUT2D eigenvalue weighted by molar-refractivity contribution is -0.130. The molecule has 0 fully saturated rings. The lowest BCUT2D eigenvalue weighted by Gasteiger charge is -2.25. The largest absolute Gasteiger partial charge is 0.368 e. The Hall–Kier alpha value is -4.05. The molecule has 10 nitrogen and oxygen atoms in total. The molecule has 0 aliphatic rings. The van der Waals surface area contributed by atoms with Gasteiger partial charge in [0.1, 0.15) is 24.0 Å². The van der Waals surface area contributed by atoms with Crippen molar-refractivity contribution in [2.45, 2.75) is 57.4 Å². The van der Waals surface area contributed by atoms with Crippen LogP contribution in [0.25, 0.3) is 6.08 Å². The summed E-state index contributed by atoms with van der Waals surface area (Å²) < 4.78 is 13.6. The van der Waals surface area contributed by atoms with Crippen molar-refractivity contribution < 1.29 is 28.6 Å². The van der Waals surface area contributed by atoms with Gasteiger partial charge in [-0.3, -0.25) is 23.7 Å². The van der Waals surface area contributed by atoms with Crippen molar-refractivity contribution in [2.24, 2.45) is 5.73 Å². The molecular formula is C32H39N4O6PS. The number of carbonyl (C=O) groups is 4. The minimum absolute atomic E-state index is 0.0215. The van der Waals surface area contributed by atoms with Crippen molar-refractivity contribution in [3.8, 4) is 0 Å². The molecule has 0 radical (unpaired) electrons. The van der Waals surface area contributed by atoms with E-state index >= 15 is 0 Å². The second-order valence-corrected chi connectivity index (χ2v) is 14.2. The van der Waals surface area contributed by atoms with E-state index in [1.807, 2.05) is 44.2 Å². The minimum atomic E-state index is -4.34. The SMILES string of the molecule is CCC[C@H](NC(=O)CP(=O)(O)C(Cc1ccccc1)NC(=O)c1ccc(C)s1)C(=O)N[C@@H](C/C=C/c1ccccc1)C(N)=O. The predicted molar refractivity (Wildman–Crippen MR) is 173 cm³/mol. The highest BCUT2D eigenvalue weighted by atomic mass is 32.1. The average Bonchev–Trinajstić information content (AvgIpc) is 3.43. The number of nitrogens with one attached hydrogen (secondary N) is 3. The summed E-state index contributed by atoms with van der Waals surface area (Å²) in [6.45, 7) is 3.66. The molecule has 234 valence electrons. The predicted octanol–water partition coefficient (Wildman–Crippen LogP) is 3.98. The van der Waals surface area contributed by atoms with E-state index in [-0.39, 0.29) is 19.3 Å². The lowest BCUT2D eigenvalue weighted by Crippen LogP contribution is -2.53. The van der Waals surface area contributed by atoms with Crippen LogP contribution in [0.2, 0.25) is 0 Å². The number of rotatable bonds is 16. The first-order chi connectivity index (χ1) is 21.0. The Kier molecular flexibility index (Phi) is 13.1. The quantitative estimate of drug-likeness (QED) is 0.149. The van der Waals surface area contributed by atoms with E-state index in [1.165, 1.54) is 11.3 Å². The monoisotopic (exact) mass is 638 g/mol. The first-order valence-electron chi connectivity index (χ1n) is 14.3. The first kappa shape index (κ1) is 34.4. The van der Waals surface area contributed by atoms with Crippen LogP contribution in [0.1, 0.15) is 51.9 Å². The van der Waals surface area contributed by atoms with E-state index < -0.39 is 55.0 Å². The Morgan fingerprint density at radius 2 is 1.59 bits per heavy atom. The summed E-state index contributed by atoms with van der Waals surface area (Å²) in [7, 11) is -4.34. The van der Waals surface area contributed by atoms with Gasteiger partial charge in [-0.05, 0) is 43.0 Å². The summed E-state index contributed by atoms with van der Waals surface area (Å²) in [5.41, 5.74) is 7.15. The number of aryl methyl sites for hydroxylation is 1. The maximum Gasteiger partial charge on any atom is 0.262 e. The molecule has 6 N–H and O–H groups in total. The van der Waals surface area contributed by atoms with Gasteiger partial charge < -0.3 is 26.6 Å². The van der Waals surface area contributed by atoms with Gasteiger partial charge in [0.25, 0.3) is 5.91 Å². The van der Waals surface area contributed by atoms with Gasteiger partial charge in [0, 0.05) is 11.3 Å². The highest BCUT2D eigenvalue weighted by molar-refractivity contribution is 7.59. The standard InChI is InChI=1S/C32H39N4O6PS/c1-3-11-26(31(39)35-25(30(33)38)17-10-16-23-12-6-4-7-13-23)34-28(37)21-43(41,42)29(20-24-14-8-5-9-15-24)36-32(40)27-19-18-22(2)44-27/h4-10,12-16,18-19,25-26,29H,3,11,17,20-21H2,1-2H3,(H2,33,38)(H,34,37)(H,35,39)(H,36,40)(H,41,42)/b16-10+/t25-,26-,29?/m0/s1. The van der Waals surface area contributed by atoms with Crippen molar-refractivity contribution >= 4 is 48.4 Å². The van der Waals surface area contributed by atoms with E-state index in [1.54, 1.807) is 54.6 Å². The zero-order chi connectivity index (χ0) is 32.1. The number of nitrogens with two attached hydrogens (primary N) is 1. The van der Waals surface area contributed by atoms with Crippen LogP contribution in [-0.2, 0) is 25.4 Å². The van der Waals surface area contributed by atoms with Crippen molar-refractivity contribution in [3.05, 3.63) is 99.8 Å². The van der Waals surface area contributed by atoms with Gasteiger partial charge in [-0.15, -0.1) is 11.3 Å². The molecule has 0 saturated heterocycles. The molecular weight excluding hydrogens is 599 g/mol. The van der Waals surface area contributed by atoms with Crippen LogP contribution in [0.3, 0.4) is 0 Å². The fraction of sp³-hybridized carbons (Fsp3) is 0.312. The number of hydrogen-bond acceptors (Lipinski definition) is 6. The third-order valence-electron chi connectivity index (χ3n) is 6.76. The van der Waals surface area contributed by atoms with E-state index in [0.717, 1.165) is 10.4 Å². The summed E-state index contributed by atoms with van der Waals surface area (Å²) in [5.74, 6) is -3.96. The Labute approximate surface area is 261 Å². The molecule has 2 aromatic carbocycles. The summed E-state index contributed by atoms with van der Waals surface area (Å²) in [6, 6.07) is 19.6. The minimum Gasteiger partial charge on any atom is -0.368 e. The zero-order valence-electron chi connectivity index (χ0n) is 24.8. The molecule has 4 amide bonds. The molecule has 4 atom stereocenters. The molecule has 0 saturated carbocycles. The summed E-state index contributed by atoms with van der Waals surface area (Å²) >= 11 is 1.25. The van der Waals surface area contributed by atoms with Crippen molar-refractivity contribution in [2.75, 3.05) is 6.16 Å². The number of amides is 4. The fourth-order valence-electron chi connectivity index (χ4n) is 4.45. The Morgan fingerprint density at radius 1 is 0.932 bits per heavy atom. The Balaban J connectivity index is 1.69. The second-order valence-electron chi connectivity index (χ2n) is 10.4. The van der Waals surface area contributed by atoms with E-state index in [2.05, 4.69) is 16.0 Å². The van der Waals surface area contributed by atoms with Gasteiger partial charge in [-0.2, -0.15) is 0 Å². The molecule has 1 aromatic heterocycles. The van der Waals surface area contributed by atoms with Gasteiger partial charge in [0.05, 0.1) is 4.88 Å². The second kappa shape index (κ2) is 16.7. The topological polar surface area (TPSA) is 168 Å². The summed E-state index contributed by atoms with van der Waals surface area (Å²) in [6.07, 6.45) is 3.60. The van der Waals surface area contributed by atoms with E-state index in [4.69, 9.17) is 5.73 Å². The van der Waals surface area contributed by atoms with Gasteiger partial charge in [0.2, 0.25) is 25.1 Å². The van der Waals surface area contributed by atoms with Crippen molar-refractivity contribution in [3.63, 3.8) is 0 Å². The number of carbonyl (C=O) groups excluding carboxylic acids is 4. The van der Waals surface area contributed by atoms with Crippen LogP contribution in [0, 0.1) is 6.92 Å². The van der Waals surface area contributed by atoms with Gasteiger partial charge in [0.15, 0.2) is 0 Å². The average molecular weight is 639 g/mol. The van der Waals surface area contributed by atoms with Crippen LogP contribution < -0.4 is 21.7 Å². The maximum absolute atomic E-state index is 13.6. The molecule has 0 spiro atoms. The van der Waals surface area contributed by atoms with Crippen LogP contribution in [-0.4, -0.2) is 52.6 Å². The highest BCUT2D eigenvalue weighted by Gasteiger charge is 2.36. The Bertz CT molecular complexity index is 1490. The van der Waals surface area contributed by atoms with Gasteiger partial charge in [-0.1, -0.05) is 86.2 Å². The van der Waals surface area contributed by atoms with E-state index in [0.29, 0.717) is 16.9 Å². The third-order valence-corrected chi connectivity index (χ3v) is 9.79. The number of hydrogen-bond donors (Lipinski definition) is 5. The number of thiophene rings is 1. The van der Waals surface area contributed by atoms with Gasteiger partial charge in [-0.25, -0.2) is 0 Å². The van der Waals surface area contributed by atoms with Crippen LogP contribution in [0.15, 0.2) is 78.9 Å².